The summed E-state index contributed by atoms with van der Waals surface area (Å²) < 4.78 is 2.37. The number of aryl methyl sites for hydroxylation is 2. The third-order valence-electron chi connectivity index (χ3n) is 4.18. The zero-order valence-electron chi connectivity index (χ0n) is 10.7. The number of aromatic nitrogens is 1. The molecule has 1 aromatic carbocycles. The van der Waals surface area contributed by atoms with Crippen molar-refractivity contribution in [2.45, 2.75) is 32.1 Å². The van der Waals surface area contributed by atoms with E-state index in [2.05, 4.69) is 36.7 Å². The molecule has 0 amide bonds. The second-order valence-corrected chi connectivity index (χ2v) is 5.26. The summed E-state index contributed by atoms with van der Waals surface area (Å²) >= 11 is 0. The minimum absolute atomic E-state index is 0.559. The number of hydrogen-bond acceptors (Lipinski definition) is 1. The average Bonchev–Trinajstić information content (AvgIpc) is 2.63. The van der Waals surface area contributed by atoms with E-state index in [1.807, 2.05) is 0 Å². The third kappa shape index (κ3) is 1.51. The summed E-state index contributed by atoms with van der Waals surface area (Å²) in [6.07, 6.45) is 3.73. The van der Waals surface area contributed by atoms with E-state index in [-0.39, 0.29) is 0 Å². The van der Waals surface area contributed by atoms with Gasteiger partial charge in [0.2, 0.25) is 0 Å². The molecule has 1 aliphatic rings. The highest BCUT2D eigenvalue weighted by Gasteiger charge is 2.25. The van der Waals surface area contributed by atoms with Gasteiger partial charge in [0.05, 0.1) is 0 Å². The summed E-state index contributed by atoms with van der Waals surface area (Å²) in [5.41, 5.74) is 11.7. The fourth-order valence-corrected chi connectivity index (χ4v) is 3.29. The van der Waals surface area contributed by atoms with Gasteiger partial charge in [-0.2, -0.15) is 0 Å². The highest BCUT2D eigenvalue weighted by Crippen LogP contribution is 2.38. The van der Waals surface area contributed by atoms with E-state index < -0.39 is 0 Å². The lowest BCUT2D eigenvalue weighted by Gasteiger charge is -2.22. The third-order valence-corrected chi connectivity index (χ3v) is 4.18. The molecule has 2 heteroatoms. The molecule has 1 unspecified atom stereocenters. The molecular formula is C15H20N2. The van der Waals surface area contributed by atoms with Crippen molar-refractivity contribution in [3.63, 3.8) is 0 Å². The van der Waals surface area contributed by atoms with Crippen LogP contribution in [0, 0.1) is 6.92 Å². The molecule has 17 heavy (non-hydrogen) atoms. The number of nitrogens with two attached hydrogens (primary N) is 1. The van der Waals surface area contributed by atoms with E-state index >= 15 is 0 Å². The second kappa shape index (κ2) is 3.88. The van der Waals surface area contributed by atoms with E-state index in [0.717, 1.165) is 6.54 Å². The first-order chi connectivity index (χ1) is 8.22. The van der Waals surface area contributed by atoms with Gasteiger partial charge >= 0.3 is 0 Å². The predicted molar refractivity (Wildman–Crippen MR) is 72.4 cm³/mol. The van der Waals surface area contributed by atoms with Gasteiger partial charge in [-0.1, -0.05) is 11.6 Å². The summed E-state index contributed by atoms with van der Waals surface area (Å²) in [4.78, 5) is 0. The summed E-state index contributed by atoms with van der Waals surface area (Å²) in [6, 6.07) is 6.77. The van der Waals surface area contributed by atoms with Crippen molar-refractivity contribution < 1.29 is 0 Å². The first-order valence-corrected chi connectivity index (χ1v) is 6.50. The zero-order chi connectivity index (χ0) is 12.0. The van der Waals surface area contributed by atoms with Gasteiger partial charge in [-0.3, -0.25) is 0 Å². The highest BCUT2D eigenvalue weighted by molar-refractivity contribution is 5.87. The van der Waals surface area contributed by atoms with E-state index in [0.29, 0.717) is 5.92 Å². The minimum atomic E-state index is 0.559. The molecule has 90 valence electrons. The lowest BCUT2D eigenvalue weighted by atomic mass is 9.85. The molecule has 1 atom stereocenters. The molecule has 0 aliphatic heterocycles. The molecule has 1 heterocycles. The molecule has 1 aromatic heterocycles. The molecule has 0 fully saturated rings. The van der Waals surface area contributed by atoms with Crippen LogP contribution in [0.2, 0.25) is 0 Å². The largest absolute Gasteiger partial charge is 0.347 e. The van der Waals surface area contributed by atoms with Gasteiger partial charge in [-0.15, -0.1) is 0 Å². The topological polar surface area (TPSA) is 30.9 Å². The standard InChI is InChI=1S/C15H20N2/c1-10-6-7-13-12(8-10)15-11(9-16)4-3-5-14(15)17(13)2/h6-8,11H,3-5,9,16H2,1-2H3. The van der Waals surface area contributed by atoms with Crippen molar-refractivity contribution in [2.24, 2.45) is 12.8 Å². The monoisotopic (exact) mass is 228 g/mol. The minimum Gasteiger partial charge on any atom is -0.347 e. The van der Waals surface area contributed by atoms with Crippen LogP contribution in [0.15, 0.2) is 18.2 Å². The molecule has 3 rings (SSSR count). The van der Waals surface area contributed by atoms with Gasteiger partial charge in [-0.25, -0.2) is 0 Å². The molecule has 0 spiro atoms. The van der Waals surface area contributed by atoms with Crippen LogP contribution in [0.25, 0.3) is 10.9 Å². The second-order valence-electron chi connectivity index (χ2n) is 5.26. The predicted octanol–water partition coefficient (Wildman–Crippen LogP) is 2.87. The van der Waals surface area contributed by atoms with Crippen LogP contribution in [0.4, 0.5) is 0 Å². The maximum absolute atomic E-state index is 5.95. The lowest BCUT2D eigenvalue weighted by molar-refractivity contribution is 0.549. The van der Waals surface area contributed by atoms with Crippen molar-refractivity contribution >= 4 is 10.9 Å². The van der Waals surface area contributed by atoms with Crippen molar-refractivity contribution in [2.75, 3.05) is 6.54 Å². The van der Waals surface area contributed by atoms with Gasteiger partial charge in [0, 0.05) is 23.6 Å². The van der Waals surface area contributed by atoms with Gasteiger partial charge in [0.25, 0.3) is 0 Å². The van der Waals surface area contributed by atoms with E-state index in [4.69, 9.17) is 5.73 Å². The SMILES string of the molecule is Cc1ccc2c(c1)c1c(n2C)CCCC1CN. The van der Waals surface area contributed by atoms with Gasteiger partial charge in [0.15, 0.2) is 0 Å². The number of nitrogens with zero attached hydrogens (tertiary/aromatic N) is 1. The molecule has 1 aliphatic carbocycles. The Kier molecular flexibility index (Phi) is 2.48. The van der Waals surface area contributed by atoms with Crippen LogP contribution in [-0.4, -0.2) is 11.1 Å². The lowest BCUT2D eigenvalue weighted by Crippen LogP contribution is -2.18. The Hall–Kier alpha value is -1.28. The van der Waals surface area contributed by atoms with Crippen molar-refractivity contribution in [3.8, 4) is 0 Å². The van der Waals surface area contributed by atoms with Gasteiger partial charge in [0.1, 0.15) is 0 Å². The van der Waals surface area contributed by atoms with Gasteiger partial charge in [-0.05, 0) is 56.3 Å². The molecule has 0 saturated carbocycles. The van der Waals surface area contributed by atoms with Crippen molar-refractivity contribution in [1.29, 1.82) is 0 Å². The fraction of sp³-hybridized carbons (Fsp3) is 0.467. The molecule has 2 N–H and O–H groups in total. The Bertz CT molecular complexity index is 566. The van der Waals surface area contributed by atoms with Crippen LogP contribution in [0.5, 0.6) is 0 Å². The van der Waals surface area contributed by atoms with Crippen LogP contribution >= 0.6 is 0 Å². The highest BCUT2D eigenvalue weighted by atomic mass is 15.0. The Morgan fingerprint density at radius 1 is 1.41 bits per heavy atom. The van der Waals surface area contributed by atoms with Crippen molar-refractivity contribution in [3.05, 3.63) is 35.0 Å². The van der Waals surface area contributed by atoms with E-state index in [9.17, 15) is 0 Å². The number of hydrogen-bond donors (Lipinski definition) is 1. The normalized spacial score (nSPS) is 19.6. The Morgan fingerprint density at radius 2 is 2.24 bits per heavy atom. The van der Waals surface area contributed by atoms with Crippen LogP contribution in [0.1, 0.15) is 35.6 Å². The summed E-state index contributed by atoms with van der Waals surface area (Å²) in [6.45, 7) is 2.94. The van der Waals surface area contributed by atoms with Crippen LogP contribution in [-0.2, 0) is 13.5 Å². The summed E-state index contributed by atoms with van der Waals surface area (Å²) in [7, 11) is 2.19. The summed E-state index contributed by atoms with van der Waals surface area (Å²) in [5, 5.41) is 1.43. The quantitative estimate of drug-likeness (QED) is 0.799. The maximum Gasteiger partial charge on any atom is 0.0483 e. The van der Waals surface area contributed by atoms with Crippen molar-refractivity contribution in [1.82, 2.24) is 4.57 Å². The average molecular weight is 228 g/mol. The Labute approximate surface area is 102 Å². The fourth-order valence-electron chi connectivity index (χ4n) is 3.29. The molecule has 2 nitrogen and oxygen atoms in total. The maximum atomic E-state index is 5.95. The molecule has 0 bridgehead atoms. The van der Waals surface area contributed by atoms with Gasteiger partial charge < -0.3 is 10.3 Å². The molecule has 2 aromatic rings. The van der Waals surface area contributed by atoms with E-state index in [1.165, 1.54) is 47.0 Å². The van der Waals surface area contributed by atoms with E-state index in [1.54, 1.807) is 0 Å². The van der Waals surface area contributed by atoms with Crippen LogP contribution in [0.3, 0.4) is 0 Å². The first-order valence-electron chi connectivity index (χ1n) is 6.50. The smallest absolute Gasteiger partial charge is 0.0483 e. The molecular weight excluding hydrogens is 208 g/mol. The molecule has 0 saturated heterocycles. The Balaban J connectivity index is 2.35. The number of benzene rings is 1. The zero-order valence-corrected chi connectivity index (χ0v) is 10.7. The number of rotatable bonds is 1. The first kappa shape index (κ1) is 10.8. The Morgan fingerprint density at radius 3 is 3.00 bits per heavy atom. The van der Waals surface area contributed by atoms with Crippen LogP contribution < -0.4 is 5.73 Å². The number of fused-ring (bicyclic) bond motifs is 3. The summed E-state index contributed by atoms with van der Waals surface area (Å²) in [5.74, 6) is 0.559. The molecule has 0 radical (unpaired) electrons.